The van der Waals surface area contributed by atoms with Gasteiger partial charge in [-0.05, 0) is 74.2 Å². The number of carbonyl (C=O) groups is 1. The maximum Gasteiger partial charge on any atom is 0.261 e. The Balaban J connectivity index is 1.53. The van der Waals surface area contributed by atoms with Crippen LogP contribution in [0.4, 0.5) is 5.69 Å². The van der Waals surface area contributed by atoms with Gasteiger partial charge in [0.2, 0.25) is 0 Å². The molecule has 0 atom stereocenters. The lowest BCUT2D eigenvalue weighted by Gasteiger charge is -2.26. The molecule has 1 aliphatic heterocycles. The van der Waals surface area contributed by atoms with Crippen LogP contribution in [-0.4, -0.2) is 22.3 Å². The highest BCUT2D eigenvalue weighted by Gasteiger charge is 2.31. The second-order valence-electron chi connectivity index (χ2n) is 10.1. The van der Waals surface area contributed by atoms with Crippen LogP contribution >= 0.6 is 11.9 Å². The van der Waals surface area contributed by atoms with E-state index in [1.165, 1.54) is 78.4 Å². The Morgan fingerprint density at radius 1 is 1.03 bits per heavy atom. The maximum absolute atomic E-state index is 12.9. The van der Waals surface area contributed by atoms with Crippen molar-refractivity contribution in [3.05, 3.63) is 65.9 Å². The molecule has 1 N–H and O–H groups in total. The summed E-state index contributed by atoms with van der Waals surface area (Å²) >= 11 is 1.58. The summed E-state index contributed by atoms with van der Waals surface area (Å²) in [6, 6.07) is 15.2. The zero-order valence-electron chi connectivity index (χ0n) is 20.0. The Hall–Kier alpha value is -2.66. The van der Waals surface area contributed by atoms with Crippen molar-refractivity contribution in [2.45, 2.75) is 69.6 Å². The van der Waals surface area contributed by atoms with Crippen molar-refractivity contribution >= 4 is 34.4 Å². The molecule has 2 fully saturated rings. The average molecular weight is 472 g/mol. The molecular formula is C29H33N3OS. The predicted octanol–water partition coefficient (Wildman–Crippen LogP) is 7.25. The van der Waals surface area contributed by atoms with Crippen molar-refractivity contribution in [1.82, 2.24) is 9.29 Å². The van der Waals surface area contributed by atoms with Crippen molar-refractivity contribution in [3.8, 4) is 11.3 Å². The monoisotopic (exact) mass is 471 g/mol. The number of carbonyl (C=O) groups excluding carboxylic acids is 1. The van der Waals surface area contributed by atoms with Crippen LogP contribution in [-0.2, 0) is 6.54 Å². The molecule has 176 valence electrons. The number of hydrogen-bond donors (Lipinski definition) is 1. The molecule has 1 amide bonds. The molecule has 2 heterocycles. The van der Waals surface area contributed by atoms with Gasteiger partial charge in [-0.3, -0.25) is 9.52 Å². The second-order valence-corrected chi connectivity index (χ2v) is 11.2. The van der Waals surface area contributed by atoms with Crippen molar-refractivity contribution in [3.63, 3.8) is 0 Å². The topological polar surface area (TPSA) is 37.3 Å². The normalized spacial score (nSPS) is 18.3. The van der Waals surface area contributed by atoms with Gasteiger partial charge in [-0.2, -0.15) is 0 Å². The van der Waals surface area contributed by atoms with Gasteiger partial charge in [0.05, 0.1) is 11.4 Å². The molecule has 3 aliphatic rings. The van der Waals surface area contributed by atoms with Gasteiger partial charge >= 0.3 is 0 Å². The van der Waals surface area contributed by atoms with Gasteiger partial charge in [0.1, 0.15) is 0 Å². The first-order valence-electron chi connectivity index (χ1n) is 12.8. The number of rotatable bonds is 5. The van der Waals surface area contributed by atoms with E-state index in [4.69, 9.17) is 0 Å². The molecule has 6 rings (SSSR count). The Labute approximate surface area is 206 Å². The quantitative estimate of drug-likeness (QED) is 0.398. The van der Waals surface area contributed by atoms with Gasteiger partial charge in [0.15, 0.2) is 0 Å². The van der Waals surface area contributed by atoms with Crippen molar-refractivity contribution in [2.75, 3.05) is 11.4 Å². The van der Waals surface area contributed by atoms with Gasteiger partial charge in [0.25, 0.3) is 5.91 Å². The van der Waals surface area contributed by atoms with E-state index in [9.17, 15) is 4.79 Å². The first kappa shape index (κ1) is 21.8. The Bertz CT molecular complexity index is 1270. The van der Waals surface area contributed by atoms with E-state index in [0.29, 0.717) is 11.2 Å². The number of anilines is 1. The van der Waals surface area contributed by atoms with Crippen LogP contribution < -0.4 is 9.62 Å². The number of para-hydroxylation sites is 1. The summed E-state index contributed by atoms with van der Waals surface area (Å²) in [5.74, 6) is 0.591. The fraction of sp³-hybridized carbons (Fsp3) is 0.414. The van der Waals surface area contributed by atoms with Crippen LogP contribution in [0.2, 0.25) is 0 Å². The third-order valence-electron chi connectivity index (χ3n) is 7.68. The number of allylic oxidation sites excluding steroid dienone is 1. The minimum Gasteiger partial charge on any atom is -0.344 e. The highest BCUT2D eigenvalue weighted by molar-refractivity contribution is 7.98. The second kappa shape index (κ2) is 8.84. The lowest BCUT2D eigenvalue weighted by Crippen LogP contribution is -2.23. The minimum absolute atomic E-state index is 0.0196. The van der Waals surface area contributed by atoms with Crippen molar-refractivity contribution < 1.29 is 4.79 Å². The van der Waals surface area contributed by atoms with E-state index in [1.807, 2.05) is 6.07 Å². The maximum atomic E-state index is 12.9. The van der Waals surface area contributed by atoms with Crippen molar-refractivity contribution in [2.24, 2.45) is 0 Å². The average Bonchev–Trinajstić information content (AvgIpc) is 3.66. The summed E-state index contributed by atoms with van der Waals surface area (Å²) < 4.78 is 5.57. The molecule has 0 radical (unpaired) electrons. The summed E-state index contributed by atoms with van der Waals surface area (Å²) in [7, 11) is 0. The number of hydrogen-bond acceptors (Lipinski definition) is 3. The van der Waals surface area contributed by atoms with Gasteiger partial charge in [0, 0.05) is 46.1 Å². The summed E-state index contributed by atoms with van der Waals surface area (Å²) in [4.78, 5) is 15.3. The minimum atomic E-state index is 0.0196. The molecule has 2 saturated carbocycles. The Morgan fingerprint density at radius 2 is 1.82 bits per heavy atom. The van der Waals surface area contributed by atoms with E-state index in [-0.39, 0.29) is 5.91 Å². The summed E-state index contributed by atoms with van der Waals surface area (Å²) in [5, 5.41) is 1.92. The predicted molar refractivity (Wildman–Crippen MR) is 143 cm³/mol. The summed E-state index contributed by atoms with van der Waals surface area (Å²) in [6.07, 6.45) is 8.86. The van der Waals surface area contributed by atoms with Crippen LogP contribution in [0.25, 0.3) is 22.2 Å². The van der Waals surface area contributed by atoms with Gasteiger partial charge in [-0.1, -0.05) is 50.1 Å². The zero-order valence-corrected chi connectivity index (χ0v) is 20.8. The molecule has 3 aromatic rings. The van der Waals surface area contributed by atoms with Gasteiger partial charge in [-0.15, -0.1) is 0 Å². The van der Waals surface area contributed by atoms with Gasteiger partial charge < -0.3 is 9.47 Å². The van der Waals surface area contributed by atoms with E-state index in [1.54, 1.807) is 11.9 Å². The fourth-order valence-corrected chi connectivity index (χ4v) is 6.62. The number of amides is 1. The molecule has 0 unspecified atom stereocenters. The molecule has 0 bridgehead atoms. The standard InChI is InChI=1S/C29H33N3OS/c1-19(2)31-16-17-32-26-18-21(29(33)30-34-22-13-14-22)12-15-23(26)27(20-8-4-3-5-9-20)28(32)24-10-6-7-11-25(24)31/h6-7,10-12,15,18,20,22H,1,3-5,8-9,13-14,16-17H2,2H3,(H,30,33). The van der Waals surface area contributed by atoms with Crippen LogP contribution in [0, 0.1) is 0 Å². The van der Waals surface area contributed by atoms with E-state index < -0.39 is 0 Å². The fourth-order valence-electron chi connectivity index (χ4n) is 5.85. The Morgan fingerprint density at radius 3 is 2.59 bits per heavy atom. The zero-order chi connectivity index (χ0) is 23.2. The van der Waals surface area contributed by atoms with Crippen LogP contribution in [0.3, 0.4) is 0 Å². The Kier molecular flexibility index (Phi) is 5.68. The van der Waals surface area contributed by atoms with Crippen molar-refractivity contribution in [1.29, 1.82) is 0 Å². The third kappa shape index (κ3) is 3.84. The molecule has 4 nitrogen and oxygen atoms in total. The first-order valence-corrected chi connectivity index (χ1v) is 13.6. The van der Waals surface area contributed by atoms with Crippen LogP contribution in [0.5, 0.6) is 0 Å². The molecule has 2 aromatic carbocycles. The lowest BCUT2D eigenvalue weighted by molar-refractivity contribution is 0.0984. The molecular weight excluding hydrogens is 438 g/mol. The SMILES string of the molecule is C=C(C)N1CCn2c(c(C3CCCCC3)c3ccc(C(=O)NSC4CC4)cc32)-c2ccccc21. The molecule has 0 spiro atoms. The molecule has 2 aliphatic carbocycles. The smallest absolute Gasteiger partial charge is 0.261 e. The van der Waals surface area contributed by atoms with E-state index in [0.717, 1.165) is 24.4 Å². The number of aromatic nitrogens is 1. The highest BCUT2D eigenvalue weighted by Crippen LogP contribution is 2.47. The highest BCUT2D eigenvalue weighted by atomic mass is 32.2. The molecule has 5 heteroatoms. The molecule has 1 aromatic heterocycles. The molecule has 34 heavy (non-hydrogen) atoms. The summed E-state index contributed by atoms with van der Waals surface area (Å²) in [6.45, 7) is 8.13. The van der Waals surface area contributed by atoms with Crippen LogP contribution in [0.1, 0.15) is 73.7 Å². The molecule has 0 saturated heterocycles. The van der Waals surface area contributed by atoms with Gasteiger partial charge in [-0.25, -0.2) is 0 Å². The largest absolute Gasteiger partial charge is 0.344 e. The van der Waals surface area contributed by atoms with Crippen LogP contribution in [0.15, 0.2) is 54.7 Å². The third-order valence-corrected chi connectivity index (χ3v) is 8.79. The number of fused-ring (bicyclic) bond motifs is 5. The number of benzene rings is 2. The lowest BCUT2D eigenvalue weighted by atomic mass is 9.81. The van der Waals surface area contributed by atoms with E-state index in [2.05, 4.69) is 64.1 Å². The summed E-state index contributed by atoms with van der Waals surface area (Å²) in [5.41, 5.74) is 8.39. The number of nitrogens with one attached hydrogen (secondary N) is 1. The number of nitrogens with zero attached hydrogens (tertiary/aromatic N) is 2. The first-order chi connectivity index (χ1) is 16.6. The van der Waals surface area contributed by atoms with E-state index >= 15 is 0 Å².